The number of benzene rings is 3. The van der Waals surface area contributed by atoms with Gasteiger partial charge < -0.3 is 14.2 Å². The van der Waals surface area contributed by atoms with Crippen molar-refractivity contribution in [3.05, 3.63) is 60.2 Å². The van der Waals surface area contributed by atoms with Crippen LogP contribution < -0.4 is 0 Å². The highest BCUT2D eigenvalue weighted by Crippen LogP contribution is 2.26. The van der Waals surface area contributed by atoms with Gasteiger partial charge in [0.2, 0.25) is 0 Å². The quantitative estimate of drug-likeness (QED) is 0.359. The molecule has 0 saturated heterocycles. The Kier molecular flexibility index (Phi) is 7.44. The average molecular weight is 352 g/mol. The number of methoxy groups -OCH3 is 1. The van der Waals surface area contributed by atoms with Gasteiger partial charge in [0.25, 0.3) is 0 Å². The number of unbranched alkanes of at least 4 members (excludes halogenated alkanes) is 1. The van der Waals surface area contributed by atoms with Gasteiger partial charge in [-0.3, -0.25) is 0 Å². The molecule has 138 valence electrons. The first-order chi connectivity index (χ1) is 12.9. The first kappa shape index (κ1) is 18.8. The number of ether oxygens (including phenoxy) is 3. The number of fused-ring (bicyclic) bond motifs is 2. The Morgan fingerprint density at radius 2 is 1.35 bits per heavy atom. The third-order valence-electron chi connectivity index (χ3n) is 4.63. The van der Waals surface area contributed by atoms with Gasteiger partial charge in [0.15, 0.2) is 0 Å². The van der Waals surface area contributed by atoms with Gasteiger partial charge in [0.1, 0.15) is 0 Å². The fourth-order valence-corrected chi connectivity index (χ4v) is 3.23. The van der Waals surface area contributed by atoms with Crippen molar-refractivity contribution in [3.8, 4) is 0 Å². The fraction of sp³-hybridized carbons (Fsp3) is 0.391. The van der Waals surface area contributed by atoms with E-state index in [0.29, 0.717) is 26.4 Å². The second-order valence-corrected chi connectivity index (χ2v) is 6.51. The molecule has 3 nitrogen and oxygen atoms in total. The van der Waals surface area contributed by atoms with E-state index in [1.807, 2.05) is 0 Å². The van der Waals surface area contributed by atoms with Crippen LogP contribution in [-0.4, -0.2) is 40.1 Å². The van der Waals surface area contributed by atoms with Crippen LogP contribution in [-0.2, 0) is 20.6 Å². The Morgan fingerprint density at radius 1 is 0.654 bits per heavy atom. The van der Waals surface area contributed by atoms with Gasteiger partial charge in [-0.25, -0.2) is 0 Å². The Morgan fingerprint density at radius 3 is 2.15 bits per heavy atom. The zero-order chi connectivity index (χ0) is 18.0. The molecule has 0 unspecified atom stereocenters. The van der Waals surface area contributed by atoms with E-state index < -0.39 is 0 Å². The van der Waals surface area contributed by atoms with Gasteiger partial charge in [-0.1, -0.05) is 42.5 Å². The zero-order valence-electron chi connectivity index (χ0n) is 15.6. The molecule has 3 aromatic carbocycles. The van der Waals surface area contributed by atoms with Crippen LogP contribution in [0.4, 0.5) is 0 Å². The summed E-state index contributed by atoms with van der Waals surface area (Å²) in [6, 6.07) is 19.8. The summed E-state index contributed by atoms with van der Waals surface area (Å²) < 4.78 is 15.9. The molecule has 0 saturated carbocycles. The van der Waals surface area contributed by atoms with Gasteiger partial charge in [-0.2, -0.15) is 0 Å². The smallest absolute Gasteiger partial charge is 0.0701 e. The van der Waals surface area contributed by atoms with Crippen molar-refractivity contribution in [2.45, 2.75) is 19.3 Å². The second kappa shape index (κ2) is 10.3. The van der Waals surface area contributed by atoms with Gasteiger partial charge in [-0.15, -0.1) is 0 Å². The largest absolute Gasteiger partial charge is 0.382 e. The molecule has 3 rings (SSSR count). The van der Waals surface area contributed by atoms with E-state index in [9.17, 15) is 0 Å². The first-order valence-electron chi connectivity index (χ1n) is 9.43. The lowest BCUT2D eigenvalue weighted by Gasteiger charge is -2.09. The van der Waals surface area contributed by atoms with Crippen LogP contribution in [0.15, 0.2) is 54.6 Å². The van der Waals surface area contributed by atoms with Gasteiger partial charge in [0.05, 0.1) is 26.4 Å². The summed E-state index contributed by atoms with van der Waals surface area (Å²) in [5, 5.41) is 5.31. The minimum Gasteiger partial charge on any atom is -0.382 e. The van der Waals surface area contributed by atoms with Crippen molar-refractivity contribution in [2.75, 3.05) is 40.1 Å². The molecule has 0 spiro atoms. The number of aryl methyl sites for hydroxylation is 1. The molecule has 0 aliphatic heterocycles. The molecule has 3 aromatic rings. The molecule has 0 radical (unpaired) electrons. The maximum atomic E-state index is 5.63. The van der Waals surface area contributed by atoms with E-state index in [-0.39, 0.29) is 0 Å². The molecule has 26 heavy (non-hydrogen) atoms. The molecule has 0 N–H and O–H groups in total. The number of hydrogen-bond acceptors (Lipinski definition) is 3. The average Bonchev–Trinajstić information content (AvgIpc) is 2.68. The van der Waals surface area contributed by atoms with E-state index in [2.05, 4.69) is 54.6 Å². The summed E-state index contributed by atoms with van der Waals surface area (Å²) >= 11 is 0. The van der Waals surface area contributed by atoms with Gasteiger partial charge in [-0.05, 0) is 58.5 Å². The summed E-state index contributed by atoms with van der Waals surface area (Å²) in [6.45, 7) is 3.36. The Balaban J connectivity index is 1.46. The molecule has 3 heteroatoms. The monoisotopic (exact) mass is 352 g/mol. The maximum absolute atomic E-state index is 5.63. The van der Waals surface area contributed by atoms with E-state index in [4.69, 9.17) is 14.2 Å². The van der Waals surface area contributed by atoms with Crippen molar-refractivity contribution >= 4 is 21.5 Å². The molecular weight excluding hydrogens is 324 g/mol. The lowest BCUT2D eigenvalue weighted by atomic mass is 9.97. The Labute approximate surface area is 155 Å². The van der Waals surface area contributed by atoms with E-state index in [1.165, 1.54) is 27.1 Å². The maximum Gasteiger partial charge on any atom is 0.0701 e. The summed E-state index contributed by atoms with van der Waals surface area (Å²) in [7, 11) is 1.68. The number of hydrogen-bond donors (Lipinski definition) is 0. The lowest BCUT2D eigenvalue weighted by molar-refractivity contribution is 0.0240. The highest BCUT2D eigenvalue weighted by atomic mass is 16.5. The van der Waals surface area contributed by atoms with Crippen molar-refractivity contribution in [1.82, 2.24) is 0 Å². The molecule has 0 aliphatic carbocycles. The predicted octanol–water partition coefficient (Wildman–Crippen LogP) is 5.00. The van der Waals surface area contributed by atoms with Crippen LogP contribution in [0, 0.1) is 0 Å². The molecule has 0 fully saturated rings. The SMILES string of the molecule is COCCOCCOCCCCc1cccc2cc3ccccc3cc12. The van der Waals surface area contributed by atoms with Crippen LogP contribution in [0.3, 0.4) is 0 Å². The van der Waals surface area contributed by atoms with Crippen LogP contribution in [0.25, 0.3) is 21.5 Å². The van der Waals surface area contributed by atoms with Gasteiger partial charge >= 0.3 is 0 Å². The Hall–Kier alpha value is -1.94. The number of rotatable bonds is 11. The topological polar surface area (TPSA) is 27.7 Å². The van der Waals surface area contributed by atoms with Crippen LogP contribution in [0.2, 0.25) is 0 Å². The fourth-order valence-electron chi connectivity index (χ4n) is 3.23. The van der Waals surface area contributed by atoms with Crippen molar-refractivity contribution in [1.29, 1.82) is 0 Å². The van der Waals surface area contributed by atoms with Crippen molar-refractivity contribution in [2.24, 2.45) is 0 Å². The van der Waals surface area contributed by atoms with E-state index in [1.54, 1.807) is 7.11 Å². The summed E-state index contributed by atoms with van der Waals surface area (Å²) in [4.78, 5) is 0. The minimum absolute atomic E-state index is 0.635. The van der Waals surface area contributed by atoms with Crippen LogP contribution in [0.1, 0.15) is 18.4 Å². The van der Waals surface area contributed by atoms with E-state index >= 15 is 0 Å². The molecule has 0 aliphatic rings. The summed E-state index contributed by atoms with van der Waals surface area (Å²) in [5.74, 6) is 0. The third kappa shape index (κ3) is 5.28. The van der Waals surface area contributed by atoms with Gasteiger partial charge in [0, 0.05) is 13.7 Å². The zero-order valence-corrected chi connectivity index (χ0v) is 15.6. The molecule has 0 bridgehead atoms. The minimum atomic E-state index is 0.635. The molecule has 0 atom stereocenters. The summed E-state index contributed by atoms with van der Waals surface area (Å²) in [5.41, 5.74) is 1.43. The molecule has 0 amide bonds. The highest BCUT2D eigenvalue weighted by molar-refractivity contribution is 5.99. The first-order valence-corrected chi connectivity index (χ1v) is 9.43. The Bertz CT molecular complexity index is 813. The lowest BCUT2D eigenvalue weighted by Crippen LogP contribution is -2.08. The van der Waals surface area contributed by atoms with Crippen molar-refractivity contribution in [3.63, 3.8) is 0 Å². The molecular formula is C23H28O3. The van der Waals surface area contributed by atoms with Crippen molar-refractivity contribution < 1.29 is 14.2 Å². The highest BCUT2D eigenvalue weighted by Gasteiger charge is 2.03. The summed E-state index contributed by atoms with van der Waals surface area (Å²) in [6.07, 6.45) is 3.29. The molecule has 0 heterocycles. The predicted molar refractivity (Wildman–Crippen MR) is 108 cm³/mol. The van der Waals surface area contributed by atoms with Crippen LogP contribution in [0.5, 0.6) is 0 Å². The van der Waals surface area contributed by atoms with Crippen LogP contribution >= 0.6 is 0 Å². The normalized spacial score (nSPS) is 11.4. The van der Waals surface area contributed by atoms with E-state index in [0.717, 1.165) is 25.9 Å². The third-order valence-corrected chi connectivity index (χ3v) is 4.63. The molecule has 0 aromatic heterocycles. The standard InChI is InChI=1S/C23H28O3/c1-24-13-14-26-16-15-25-12-5-4-7-19-10-6-11-22-17-20-8-2-3-9-21(20)18-23(19)22/h2-3,6,8-11,17-18H,4-5,7,12-16H2,1H3. The second-order valence-electron chi connectivity index (χ2n) is 6.51.